The van der Waals surface area contributed by atoms with Crippen molar-refractivity contribution in [2.24, 2.45) is 0 Å². The topological polar surface area (TPSA) is 26.3 Å². The highest BCUT2D eigenvalue weighted by Gasteiger charge is 1.99. The van der Waals surface area contributed by atoms with E-state index in [0.717, 1.165) is 19.3 Å². The highest BCUT2D eigenvalue weighted by Crippen LogP contribution is 2.13. The minimum absolute atomic E-state index is 0.0710. The van der Waals surface area contributed by atoms with Gasteiger partial charge in [-0.3, -0.25) is 4.79 Å². The van der Waals surface area contributed by atoms with Crippen LogP contribution in [0.1, 0.15) is 103 Å². The zero-order chi connectivity index (χ0) is 16.3. The predicted octanol–water partition coefficient (Wildman–Crippen LogP) is 6.03. The number of hydrogen-bond donors (Lipinski definition) is 0. The molecule has 2 heteroatoms. The lowest BCUT2D eigenvalue weighted by atomic mass is 10.0. The first-order valence-corrected chi connectivity index (χ1v) is 9.27. The second-order valence-electron chi connectivity index (χ2n) is 6.10. The second-order valence-corrected chi connectivity index (χ2v) is 6.10. The normalized spacial score (nSPS) is 10.1. The Hall–Kier alpha value is -0.970. The molecule has 22 heavy (non-hydrogen) atoms. The van der Waals surface area contributed by atoms with Gasteiger partial charge in [-0.2, -0.15) is 0 Å². The van der Waals surface area contributed by atoms with Crippen LogP contribution in [0.4, 0.5) is 0 Å². The number of ether oxygens (including phenoxy) is 1. The number of esters is 1. The molecule has 0 aliphatic carbocycles. The van der Waals surface area contributed by atoms with Crippen LogP contribution in [-0.4, -0.2) is 13.1 Å². The smallest absolute Gasteiger partial charge is 0.305 e. The Morgan fingerprint density at radius 2 is 1.14 bits per heavy atom. The number of unbranched alkanes of at least 4 members (excludes halogenated alkanes) is 13. The summed E-state index contributed by atoms with van der Waals surface area (Å²) in [7, 11) is 1.46. The molecule has 128 valence electrons. The zero-order valence-electron chi connectivity index (χ0n) is 14.9. The number of carbonyl (C=O) groups excluding carboxylic acids is 1. The van der Waals surface area contributed by atoms with Gasteiger partial charge in [0.05, 0.1) is 7.11 Å². The number of methoxy groups -OCH3 is 1. The Labute approximate surface area is 138 Å². The largest absolute Gasteiger partial charge is 0.469 e. The molecule has 0 aliphatic rings. The maximum atomic E-state index is 10.9. The van der Waals surface area contributed by atoms with Crippen LogP contribution in [0.25, 0.3) is 0 Å². The summed E-state index contributed by atoms with van der Waals surface area (Å²) in [5, 5.41) is 0. The van der Waals surface area contributed by atoms with Gasteiger partial charge >= 0.3 is 5.97 Å². The Morgan fingerprint density at radius 3 is 1.55 bits per heavy atom. The molecule has 0 heterocycles. The van der Waals surface area contributed by atoms with E-state index < -0.39 is 0 Å². The lowest BCUT2D eigenvalue weighted by molar-refractivity contribution is -0.140. The second kappa shape index (κ2) is 18.1. The number of carbonyl (C=O) groups is 1. The molecule has 0 fully saturated rings. The third kappa shape index (κ3) is 17.1. The summed E-state index contributed by atoms with van der Waals surface area (Å²) in [6, 6.07) is 0. The van der Waals surface area contributed by atoms with E-state index in [4.69, 9.17) is 0 Å². The van der Waals surface area contributed by atoms with Crippen LogP contribution in [0, 0.1) is 11.8 Å². The van der Waals surface area contributed by atoms with Crippen molar-refractivity contribution in [1.29, 1.82) is 0 Å². The van der Waals surface area contributed by atoms with Crippen molar-refractivity contribution in [3.05, 3.63) is 0 Å². The van der Waals surface area contributed by atoms with E-state index in [-0.39, 0.29) is 5.97 Å². The molecular formula is C20H36O2. The predicted molar refractivity (Wildman–Crippen MR) is 94.7 cm³/mol. The van der Waals surface area contributed by atoms with Crippen LogP contribution >= 0.6 is 0 Å². The van der Waals surface area contributed by atoms with Crippen LogP contribution in [0.2, 0.25) is 0 Å². The van der Waals surface area contributed by atoms with Crippen molar-refractivity contribution >= 4 is 5.97 Å². The monoisotopic (exact) mass is 308 g/mol. The van der Waals surface area contributed by atoms with Crippen molar-refractivity contribution in [2.75, 3.05) is 7.11 Å². The summed E-state index contributed by atoms with van der Waals surface area (Å²) in [6.07, 6.45) is 18.7. The lowest BCUT2D eigenvalue weighted by Crippen LogP contribution is -1.99. The molecule has 0 aromatic carbocycles. The minimum atomic E-state index is -0.0710. The van der Waals surface area contributed by atoms with E-state index in [1.54, 1.807) is 0 Å². The summed E-state index contributed by atoms with van der Waals surface area (Å²) in [5.74, 6) is 6.01. The molecule has 0 rings (SSSR count). The van der Waals surface area contributed by atoms with Crippen molar-refractivity contribution < 1.29 is 9.53 Å². The Bertz CT molecular complexity index is 299. The van der Waals surface area contributed by atoms with Crippen molar-refractivity contribution in [1.82, 2.24) is 0 Å². The van der Waals surface area contributed by atoms with Gasteiger partial charge in [0.25, 0.3) is 0 Å². The average Bonchev–Trinajstić information content (AvgIpc) is 2.54. The molecule has 0 saturated heterocycles. The van der Waals surface area contributed by atoms with Gasteiger partial charge in [-0.05, 0) is 19.8 Å². The van der Waals surface area contributed by atoms with Crippen molar-refractivity contribution in [3.63, 3.8) is 0 Å². The van der Waals surface area contributed by atoms with E-state index in [1.807, 2.05) is 6.92 Å². The fourth-order valence-electron chi connectivity index (χ4n) is 2.65. The van der Waals surface area contributed by atoms with Gasteiger partial charge in [0, 0.05) is 12.8 Å². The van der Waals surface area contributed by atoms with E-state index in [0.29, 0.717) is 6.42 Å². The van der Waals surface area contributed by atoms with Gasteiger partial charge < -0.3 is 4.74 Å². The van der Waals surface area contributed by atoms with E-state index in [9.17, 15) is 4.79 Å². The summed E-state index contributed by atoms with van der Waals surface area (Å²) >= 11 is 0. The maximum Gasteiger partial charge on any atom is 0.305 e. The Morgan fingerprint density at radius 1 is 0.727 bits per heavy atom. The Kier molecular flexibility index (Phi) is 17.3. The standard InChI is InChI=1S/C20H36O2/c1-3-4-5-6-7-8-9-10-11-12-13-14-15-16-17-18-19-20(21)22-2/h5-19H2,1-2H3. The highest BCUT2D eigenvalue weighted by molar-refractivity contribution is 5.68. The molecule has 0 spiro atoms. The molecular weight excluding hydrogens is 272 g/mol. The molecule has 0 atom stereocenters. The highest BCUT2D eigenvalue weighted by atomic mass is 16.5. The van der Waals surface area contributed by atoms with E-state index >= 15 is 0 Å². The zero-order valence-corrected chi connectivity index (χ0v) is 14.9. The molecule has 2 nitrogen and oxygen atoms in total. The summed E-state index contributed by atoms with van der Waals surface area (Å²) in [5.41, 5.74) is 0. The molecule has 0 aromatic heterocycles. The van der Waals surface area contributed by atoms with Crippen LogP contribution in [-0.2, 0) is 9.53 Å². The van der Waals surface area contributed by atoms with Crippen molar-refractivity contribution in [3.8, 4) is 11.8 Å². The first kappa shape index (κ1) is 21.0. The SMILES string of the molecule is CC#CCCCCCCCCCCCCCCCC(=O)OC. The molecule has 0 radical (unpaired) electrons. The molecule has 0 amide bonds. The average molecular weight is 309 g/mol. The first-order chi connectivity index (χ1) is 10.8. The fourth-order valence-corrected chi connectivity index (χ4v) is 2.65. The number of rotatable bonds is 15. The van der Waals surface area contributed by atoms with Gasteiger partial charge in [-0.25, -0.2) is 0 Å². The molecule has 0 aromatic rings. The Balaban J connectivity index is 3.02. The third-order valence-electron chi connectivity index (χ3n) is 4.09. The molecule has 0 N–H and O–H groups in total. The van der Waals surface area contributed by atoms with Crippen LogP contribution < -0.4 is 0 Å². The van der Waals surface area contributed by atoms with Gasteiger partial charge in [-0.15, -0.1) is 11.8 Å². The van der Waals surface area contributed by atoms with Gasteiger partial charge in [0.2, 0.25) is 0 Å². The number of hydrogen-bond acceptors (Lipinski definition) is 2. The van der Waals surface area contributed by atoms with Gasteiger partial charge in [0.15, 0.2) is 0 Å². The molecule has 0 unspecified atom stereocenters. The fraction of sp³-hybridized carbons (Fsp3) is 0.850. The summed E-state index contributed by atoms with van der Waals surface area (Å²) < 4.78 is 4.63. The molecule has 0 aliphatic heterocycles. The molecule has 0 saturated carbocycles. The molecule has 0 bridgehead atoms. The van der Waals surface area contributed by atoms with Gasteiger partial charge in [0.1, 0.15) is 0 Å². The van der Waals surface area contributed by atoms with Crippen molar-refractivity contribution in [2.45, 2.75) is 103 Å². The quantitative estimate of drug-likeness (QED) is 0.209. The van der Waals surface area contributed by atoms with Crippen LogP contribution in [0.15, 0.2) is 0 Å². The van der Waals surface area contributed by atoms with Gasteiger partial charge in [-0.1, -0.05) is 70.6 Å². The lowest BCUT2D eigenvalue weighted by Gasteiger charge is -2.03. The summed E-state index contributed by atoms with van der Waals surface area (Å²) in [4.78, 5) is 10.9. The maximum absolute atomic E-state index is 10.9. The van der Waals surface area contributed by atoms with Crippen LogP contribution in [0.3, 0.4) is 0 Å². The van der Waals surface area contributed by atoms with Crippen LogP contribution in [0.5, 0.6) is 0 Å². The first-order valence-electron chi connectivity index (χ1n) is 9.27. The van der Waals surface area contributed by atoms with E-state index in [2.05, 4.69) is 16.6 Å². The van der Waals surface area contributed by atoms with E-state index in [1.165, 1.54) is 77.7 Å². The third-order valence-corrected chi connectivity index (χ3v) is 4.09. The summed E-state index contributed by atoms with van der Waals surface area (Å²) in [6.45, 7) is 1.92. The minimum Gasteiger partial charge on any atom is -0.469 e.